The second kappa shape index (κ2) is 13.0. The van der Waals surface area contributed by atoms with Crippen LogP contribution in [0.1, 0.15) is 55.9 Å². The Kier molecular flexibility index (Phi) is 9.14. The highest BCUT2D eigenvalue weighted by molar-refractivity contribution is 5.95. The Hall–Kier alpha value is -4.19. The van der Waals surface area contributed by atoms with Crippen LogP contribution in [0.4, 0.5) is 14.9 Å². The van der Waals surface area contributed by atoms with Crippen LogP contribution in [0.25, 0.3) is 10.9 Å². The van der Waals surface area contributed by atoms with E-state index in [2.05, 4.69) is 10.6 Å². The molecule has 2 aromatic carbocycles. The number of benzene rings is 2. The van der Waals surface area contributed by atoms with Crippen molar-refractivity contribution in [1.29, 1.82) is 0 Å². The van der Waals surface area contributed by atoms with E-state index >= 15 is 4.39 Å². The van der Waals surface area contributed by atoms with E-state index in [4.69, 9.17) is 9.47 Å². The minimum absolute atomic E-state index is 0.138. The Bertz CT molecular complexity index is 1610. The van der Waals surface area contributed by atoms with Crippen LogP contribution in [-0.4, -0.2) is 65.4 Å². The van der Waals surface area contributed by atoms with E-state index in [1.807, 2.05) is 0 Å². The van der Waals surface area contributed by atoms with Gasteiger partial charge in [-0.05, 0) is 75.8 Å². The SMILES string of the molecule is COCCOc1ccc(C(=O)N[C@@H]2CCCN(C(=O)Nc3cc4c(=O)n(CC5CC5)c(=O)n(C(C)C)c4cc3F)C2)cc1. The fourth-order valence-corrected chi connectivity index (χ4v) is 5.40. The molecule has 11 nitrogen and oxygen atoms in total. The maximum atomic E-state index is 15.3. The van der Waals surface area contributed by atoms with Crippen LogP contribution in [0.2, 0.25) is 0 Å². The number of aromatic nitrogens is 2. The summed E-state index contributed by atoms with van der Waals surface area (Å²) in [6, 6.07) is 8.10. The zero-order valence-corrected chi connectivity index (χ0v) is 24.7. The normalized spacial score (nSPS) is 16.9. The van der Waals surface area contributed by atoms with Crippen LogP contribution in [0, 0.1) is 11.7 Å². The predicted octanol–water partition coefficient (Wildman–Crippen LogP) is 3.74. The number of carbonyl (C=O) groups is 2. The van der Waals surface area contributed by atoms with Crippen molar-refractivity contribution in [3.8, 4) is 5.75 Å². The summed E-state index contributed by atoms with van der Waals surface area (Å²) in [5.74, 6) is -0.0973. The second-order valence-electron chi connectivity index (χ2n) is 11.5. The van der Waals surface area contributed by atoms with Crippen LogP contribution in [0.5, 0.6) is 5.75 Å². The first-order valence-corrected chi connectivity index (χ1v) is 14.7. The topological polar surface area (TPSA) is 124 Å². The van der Waals surface area contributed by atoms with E-state index in [-0.39, 0.29) is 47.0 Å². The molecule has 3 amide bonds. The fourth-order valence-electron chi connectivity index (χ4n) is 5.40. The number of piperidine rings is 1. The second-order valence-corrected chi connectivity index (χ2v) is 11.5. The van der Waals surface area contributed by atoms with Crippen molar-refractivity contribution in [1.82, 2.24) is 19.4 Å². The van der Waals surface area contributed by atoms with Crippen molar-refractivity contribution in [2.75, 3.05) is 38.7 Å². The van der Waals surface area contributed by atoms with Gasteiger partial charge >= 0.3 is 11.7 Å². The quantitative estimate of drug-likeness (QED) is 0.344. The first-order chi connectivity index (χ1) is 20.7. The average molecular weight is 596 g/mol. The molecule has 1 saturated heterocycles. The maximum Gasteiger partial charge on any atom is 0.331 e. The van der Waals surface area contributed by atoms with Gasteiger partial charge in [0.1, 0.15) is 18.2 Å². The first-order valence-electron chi connectivity index (χ1n) is 14.7. The molecule has 0 bridgehead atoms. The minimum atomic E-state index is -0.745. The number of hydrogen-bond acceptors (Lipinski definition) is 6. The summed E-state index contributed by atoms with van der Waals surface area (Å²) in [6.45, 7) is 5.48. The summed E-state index contributed by atoms with van der Waals surface area (Å²) in [5.41, 5.74) is -0.424. The van der Waals surface area contributed by atoms with E-state index < -0.39 is 23.1 Å². The molecular weight excluding hydrogens is 557 g/mol. The van der Waals surface area contributed by atoms with Crippen LogP contribution in [0.15, 0.2) is 46.0 Å². The molecule has 230 valence electrons. The summed E-state index contributed by atoms with van der Waals surface area (Å²) >= 11 is 0. The van der Waals surface area contributed by atoms with Gasteiger partial charge in [-0.25, -0.2) is 14.0 Å². The number of carbonyl (C=O) groups excluding carboxylic acids is 2. The van der Waals surface area contributed by atoms with Gasteiger partial charge in [0, 0.05) is 50.5 Å². The number of ether oxygens (including phenoxy) is 2. The minimum Gasteiger partial charge on any atom is -0.491 e. The molecule has 1 aliphatic carbocycles. The van der Waals surface area contributed by atoms with E-state index in [0.717, 1.165) is 18.9 Å². The summed E-state index contributed by atoms with van der Waals surface area (Å²) in [7, 11) is 1.59. The highest BCUT2D eigenvalue weighted by Crippen LogP contribution is 2.30. The first kappa shape index (κ1) is 30.3. The van der Waals surface area contributed by atoms with Gasteiger partial charge in [-0.2, -0.15) is 0 Å². The van der Waals surface area contributed by atoms with Crippen molar-refractivity contribution in [2.24, 2.45) is 5.92 Å². The van der Waals surface area contributed by atoms with Crippen molar-refractivity contribution in [3.05, 3.63) is 68.6 Å². The van der Waals surface area contributed by atoms with Gasteiger partial charge in [-0.3, -0.25) is 18.7 Å². The summed E-state index contributed by atoms with van der Waals surface area (Å²) in [6.07, 6.45) is 3.26. The number of nitrogens with one attached hydrogen (secondary N) is 2. The summed E-state index contributed by atoms with van der Waals surface area (Å²) in [5, 5.41) is 5.76. The van der Waals surface area contributed by atoms with Gasteiger partial charge in [0.05, 0.1) is 23.2 Å². The summed E-state index contributed by atoms with van der Waals surface area (Å²) < 4.78 is 28.4. The van der Waals surface area contributed by atoms with Gasteiger partial charge in [0.15, 0.2) is 0 Å². The number of halogens is 1. The highest BCUT2D eigenvalue weighted by atomic mass is 19.1. The Labute approximate surface area is 248 Å². The molecule has 1 saturated carbocycles. The molecule has 2 aliphatic rings. The number of nitrogens with zero attached hydrogens (tertiary/aromatic N) is 3. The lowest BCUT2D eigenvalue weighted by molar-refractivity contribution is 0.0913. The number of rotatable bonds is 10. The van der Waals surface area contributed by atoms with Gasteiger partial charge in [0.25, 0.3) is 11.5 Å². The monoisotopic (exact) mass is 595 g/mol. The third kappa shape index (κ3) is 6.90. The number of anilines is 1. The molecule has 0 radical (unpaired) electrons. The Morgan fingerprint density at radius 3 is 2.49 bits per heavy atom. The van der Waals surface area contributed by atoms with E-state index in [0.29, 0.717) is 50.5 Å². The lowest BCUT2D eigenvalue weighted by Gasteiger charge is -2.33. The molecule has 3 aromatic rings. The Balaban J connectivity index is 1.28. The van der Waals surface area contributed by atoms with E-state index in [1.165, 1.54) is 20.1 Å². The molecule has 1 atom stereocenters. The van der Waals surface area contributed by atoms with Crippen molar-refractivity contribution >= 4 is 28.5 Å². The molecule has 1 aliphatic heterocycles. The van der Waals surface area contributed by atoms with Crippen LogP contribution >= 0.6 is 0 Å². The number of fused-ring (bicyclic) bond motifs is 1. The van der Waals surface area contributed by atoms with Gasteiger partial charge < -0.3 is 25.0 Å². The highest BCUT2D eigenvalue weighted by Gasteiger charge is 2.28. The lowest BCUT2D eigenvalue weighted by atomic mass is 10.1. The molecule has 12 heteroatoms. The van der Waals surface area contributed by atoms with Crippen LogP contribution in [-0.2, 0) is 11.3 Å². The zero-order valence-electron chi connectivity index (χ0n) is 24.7. The Morgan fingerprint density at radius 1 is 1.07 bits per heavy atom. The van der Waals surface area contributed by atoms with E-state index in [9.17, 15) is 19.2 Å². The lowest BCUT2D eigenvalue weighted by Crippen LogP contribution is -2.50. The van der Waals surface area contributed by atoms with E-state index in [1.54, 1.807) is 45.2 Å². The molecule has 0 unspecified atom stereocenters. The van der Waals surface area contributed by atoms with Crippen molar-refractivity contribution in [3.63, 3.8) is 0 Å². The van der Waals surface area contributed by atoms with Crippen LogP contribution < -0.4 is 26.6 Å². The molecule has 1 aromatic heterocycles. The molecule has 43 heavy (non-hydrogen) atoms. The Morgan fingerprint density at radius 2 is 1.81 bits per heavy atom. The number of urea groups is 1. The zero-order chi connectivity index (χ0) is 30.7. The van der Waals surface area contributed by atoms with Crippen LogP contribution in [0.3, 0.4) is 0 Å². The molecule has 0 spiro atoms. The third-order valence-electron chi connectivity index (χ3n) is 7.87. The summed E-state index contributed by atoms with van der Waals surface area (Å²) in [4.78, 5) is 54.1. The molecule has 2 heterocycles. The molecular formula is C31H38FN5O6. The molecule has 2 fully saturated rings. The van der Waals surface area contributed by atoms with Gasteiger partial charge in [0.2, 0.25) is 0 Å². The fraction of sp³-hybridized carbons (Fsp3) is 0.484. The number of likely N-dealkylation sites (tertiary alicyclic amines) is 1. The number of methoxy groups -OCH3 is 1. The predicted molar refractivity (Wildman–Crippen MR) is 160 cm³/mol. The van der Waals surface area contributed by atoms with Crippen molar-refractivity contribution in [2.45, 2.75) is 58.2 Å². The number of hydrogen-bond donors (Lipinski definition) is 2. The molecule has 2 N–H and O–H groups in total. The number of amides is 3. The third-order valence-corrected chi connectivity index (χ3v) is 7.87. The largest absolute Gasteiger partial charge is 0.491 e. The standard InChI is InChI=1S/C31H38FN5O6/c1-19(2)37-27-16-25(32)26(15-24(27)29(39)36(31(37)41)17-20-6-7-20)34-30(40)35-12-4-5-22(18-35)33-28(38)21-8-10-23(11-9-21)43-14-13-42-3/h8-11,15-16,19-20,22H,4-7,12-14,17-18H2,1-3H3,(H,33,38)(H,34,40)/t22-/m1/s1. The molecule has 5 rings (SSSR count). The average Bonchev–Trinajstić information content (AvgIpc) is 3.81. The van der Waals surface area contributed by atoms with Gasteiger partial charge in [-0.1, -0.05) is 0 Å². The smallest absolute Gasteiger partial charge is 0.331 e. The van der Waals surface area contributed by atoms with Gasteiger partial charge in [-0.15, -0.1) is 0 Å². The maximum absolute atomic E-state index is 15.3. The van der Waals surface area contributed by atoms with Crippen molar-refractivity contribution < 1.29 is 23.5 Å².